The van der Waals surface area contributed by atoms with E-state index in [1.807, 2.05) is 0 Å². The van der Waals surface area contributed by atoms with Crippen LogP contribution in [0.15, 0.2) is 36.5 Å². The average molecular weight is 577 g/mol. The molecular weight excluding hydrogens is 538 g/mol. The van der Waals surface area contributed by atoms with Gasteiger partial charge in [0.25, 0.3) is 0 Å². The molecule has 0 aliphatic heterocycles. The van der Waals surface area contributed by atoms with Crippen LogP contribution in [-0.4, -0.2) is 58.2 Å². The Morgan fingerprint density at radius 1 is 1.10 bits per heavy atom. The number of rotatable bonds is 10. The molecule has 2 atom stereocenters. The van der Waals surface area contributed by atoms with Crippen LogP contribution in [-0.2, 0) is 32.5 Å². The van der Waals surface area contributed by atoms with Gasteiger partial charge in [-0.2, -0.15) is 5.10 Å². The monoisotopic (exact) mass is 576 g/mol. The molecule has 3 rings (SSSR count). The van der Waals surface area contributed by atoms with Crippen LogP contribution < -0.4 is 10.6 Å². The third-order valence-corrected chi connectivity index (χ3v) is 7.02. The number of aromatic nitrogens is 2. The number of halogens is 2. The summed E-state index contributed by atoms with van der Waals surface area (Å²) in [6.07, 6.45) is 0.339. The van der Waals surface area contributed by atoms with E-state index in [0.29, 0.717) is 16.9 Å². The molecule has 1 saturated carbocycles. The van der Waals surface area contributed by atoms with E-state index in [1.54, 1.807) is 58.2 Å². The van der Waals surface area contributed by atoms with Crippen molar-refractivity contribution < 1.29 is 37.4 Å². The third-order valence-electron chi connectivity index (χ3n) is 7.02. The Bertz CT molecular complexity index is 1230. The summed E-state index contributed by atoms with van der Waals surface area (Å²) in [6.45, 7) is 5.11. The van der Waals surface area contributed by atoms with Crippen LogP contribution in [0, 0.1) is 11.8 Å². The van der Waals surface area contributed by atoms with Crippen LogP contribution in [0.25, 0.3) is 0 Å². The molecule has 1 aliphatic carbocycles. The van der Waals surface area contributed by atoms with Crippen LogP contribution >= 0.6 is 0 Å². The molecule has 2 aromatic rings. The van der Waals surface area contributed by atoms with Gasteiger partial charge < -0.3 is 20.1 Å². The number of hydrogen-bond donors (Lipinski definition) is 2. The smallest absolute Gasteiger partial charge is 0.408 e. The minimum atomic E-state index is -2.76. The first-order valence-corrected chi connectivity index (χ1v) is 13.5. The summed E-state index contributed by atoms with van der Waals surface area (Å²) in [5, 5.41) is 9.33. The highest BCUT2D eigenvalue weighted by Crippen LogP contribution is 2.40. The van der Waals surface area contributed by atoms with Gasteiger partial charge in [-0.3, -0.25) is 14.3 Å². The molecule has 12 heteroatoms. The zero-order chi connectivity index (χ0) is 30.4. The molecule has 1 heterocycles. The summed E-state index contributed by atoms with van der Waals surface area (Å²) in [5.41, 5.74) is 0.705. The van der Waals surface area contributed by atoms with Gasteiger partial charge in [0.05, 0.1) is 7.11 Å². The number of ketones is 1. The van der Waals surface area contributed by atoms with Gasteiger partial charge >= 0.3 is 12.1 Å². The van der Waals surface area contributed by atoms with Gasteiger partial charge in [0.15, 0.2) is 5.78 Å². The summed E-state index contributed by atoms with van der Waals surface area (Å²) in [6, 6.07) is 7.18. The summed E-state index contributed by atoms with van der Waals surface area (Å²) in [4.78, 5) is 50.8. The van der Waals surface area contributed by atoms with E-state index in [4.69, 9.17) is 9.47 Å². The number of nitrogens with zero attached hydrogens (tertiary/aromatic N) is 2. The van der Waals surface area contributed by atoms with Crippen LogP contribution in [0.2, 0.25) is 0 Å². The summed E-state index contributed by atoms with van der Waals surface area (Å²) in [7, 11) is 2.84. The molecule has 41 heavy (non-hydrogen) atoms. The quantitative estimate of drug-likeness (QED) is 0.310. The van der Waals surface area contributed by atoms with Gasteiger partial charge in [-0.25, -0.2) is 18.4 Å². The van der Waals surface area contributed by atoms with Gasteiger partial charge in [0, 0.05) is 50.5 Å². The lowest BCUT2D eigenvalue weighted by Crippen LogP contribution is -2.45. The van der Waals surface area contributed by atoms with Crippen molar-refractivity contribution in [3.05, 3.63) is 47.8 Å². The minimum Gasteiger partial charge on any atom is -0.467 e. The predicted molar refractivity (Wildman–Crippen MR) is 146 cm³/mol. The fraction of sp³-hybridized carbons (Fsp3) is 0.552. The Hall–Kier alpha value is -3.83. The number of Topliss-reactive ketones (excluding diaryl/α,β-unsaturated/α-hetero) is 1. The highest BCUT2D eigenvalue weighted by atomic mass is 19.3. The van der Waals surface area contributed by atoms with Crippen LogP contribution in [0.4, 0.5) is 19.3 Å². The van der Waals surface area contributed by atoms with Gasteiger partial charge in [0.1, 0.15) is 17.3 Å². The number of methoxy groups -OCH3 is 1. The molecule has 1 aromatic heterocycles. The number of alkyl halides is 2. The minimum absolute atomic E-state index is 0.109. The Morgan fingerprint density at radius 2 is 1.73 bits per heavy atom. The van der Waals surface area contributed by atoms with E-state index in [-0.39, 0.29) is 50.2 Å². The number of nitrogens with one attached hydrogen (secondary N) is 2. The number of ether oxygens (including phenoxy) is 2. The number of anilines is 1. The molecule has 1 aliphatic rings. The Balaban J connectivity index is 1.70. The highest BCUT2D eigenvalue weighted by molar-refractivity contribution is 6.00. The second-order valence-corrected chi connectivity index (χ2v) is 11.4. The molecule has 1 aromatic carbocycles. The van der Waals surface area contributed by atoms with Gasteiger partial charge in [-0.05, 0) is 63.3 Å². The number of benzene rings is 1. The topological polar surface area (TPSA) is 129 Å². The maximum absolute atomic E-state index is 13.8. The molecule has 224 valence electrons. The second kappa shape index (κ2) is 13.2. The van der Waals surface area contributed by atoms with Gasteiger partial charge in [-0.1, -0.05) is 12.1 Å². The lowest BCUT2D eigenvalue weighted by atomic mass is 9.76. The van der Waals surface area contributed by atoms with Crippen LogP contribution in [0.3, 0.4) is 0 Å². The molecule has 2 N–H and O–H groups in total. The van der Waals surface area contributed by atoms with E-state index in [0.717, 1.165) is 0 Å². The maximum atomic E-state index is 13.8. The van der Waals surface area contributed by atoms with E-state index in [9.17, 15) is 28.0 Å². The number of amides is 2. The SMILES string of the molecule is COC(=O)[C@@H](Cc1ccc(NC(=O)[C@@H](CC(=O)c2ccnn2C)C2CCC(F)(F)CC2)cc1)NC(=O)OC(C)(C)C. The van der Waals surface area contributed by atoms with E-state index >= 15 is 0 Å². The van der Waals surface area contributed by atoms with Crippen molar-refractivity contribution in [2.24, 2.45) is 18.9 Å². The first kappa shape index (κ1) is 31.7. The molecular formula is C29H38F2N4O6. The number of aryl methyl sites for hydroxylation is 1. The van der Waals surface area contributed by atoms with Crippen molar-refractivity contribution in [2.75, 3.05) is 12.4 Å². The number of esters is 1. The van der Waals surface area contributed by atoms with E-state index in [2.05, 4.69) is 15.7 Å². The number of alkyl carbamates (subject to hydrolysis) is 1. The molecule has 0 bridgehead atoms. The Labute approximate surface area is 238 Å². The maximum Gasteiger partial charge on any atom is 0.408 e. The fourth-order valence-electron chi connectivity index (χ4n) is 4.87. The summed E-state index contributed by atoms with van der Waals surface area (Å²) in [5.74, 6) is -5.29. The molecule has 2 amide bonds. The third kappa shape index (κ3) is 9.36. The lowest BCUT2D eigenvalue weighted by Gasteiger charge is -2.33. The first-order chi connectivity index (χ1) is 19.2. The number of carbonyl (C=O) groups is 4. The number of carbonyl (C=O) groups excluding carboxylic acids is 4. The zero-order valence-corrected chi connectivity index (χ0v) is 24.0. The van der Waals surface area contributed by atoms with Crippen molar-refractivity contribution in [3.63, 3.8) is 0 Å². The average Bonchev–Trinajstić information content (AvgIpc) is 3.32. The molecule has 0 spiro atoms. The molecule has 0 saturated heterocycles. The van der Waals surface area contributed by atoms with Crippen molar-refractivity contribution in [2.45, 2.75) is 76.9 Å². The van der Waals surface area contributed by atoms with Gasteiger partial charge in [-0.15, -0.1) is 0 Å². The van der Waals surface area contributed by atoms with Crippen molar-refractivity contribution in [1.29, 1.82) is 0 Å². The Kier molecular flexibility index (Phi) is 10.2. The van der Waals surface area contributed by atoms with E-state index in [1.165, 1.54) is 18.0 Å². The largest absolute Gasteiger partial charge is 0.467 e. The van der Waals surface area contributed by atoms with Crippen LogP contribution in [0.5, 0.6) is 0 Å². The molecule has 0 unspecified atom stereocenters. The zero-order valence-electron chi connectivity index (χ0n) is 24.0. The van der Waals surface area contributed by atoms with Crippen LogP contribution in [0.1, 0.15) is 68.9 Å². The predicted octanol–water partition coefficient (Wildman–Crippen LogP) is 4.68. The molecule has 1 fully saturated rings. The first-order valence-electron chi connectivity index (χ1n) is 13.5. The van der Waals surface area contributed by atoms with Crippen molar-refractivity contribution in [3.8, 4) is 0 Å². The van der Waals surface area contributed by atoms with Crippen molar-refractivity contribution in [1.82, 2.24) is 15.1 Å². The fourth-order valence-corrected chi connectivity index (χ4v) is 4.87. The standard InChI is InChI=1S/C29H38F2N4O6/c1-28(2,3)41-27(39)34-22(26(38)40-5)16-18-6-8-20(9-7-18)33-25(37)21(19-10-13-29(30,31)14-11-19)17-24(36)23-12-15-32-35(23)4/h6-9,12,15,19,21-22H,10-11,13-14,16-17H2,1-5H3,(H,33,37)(H,34,39)/t21-,22+/m0/s1. The highest BCUT2D eigenvalue weighted by Gasteiger charge is 2.40. The second-order valence-electron chi connectivity index (χ2n) is 11.4. The molecule has 0 radical (unpaired) electrons. The molecule has 10 nitrogen and oxygen atoms in total. The summed E-state index contributed by atoms with van der Waals surface area (Å²) >= 11 is 0. The van der Waals surface area contributed by atoms with Gasteiger partial charge in [0.2, 0.25) is 11.8 Å². The van der Waals surface area contributed by atoms with E-state index < -0.39 is 41.5 Å². The van der Waals surface area contributed by atoms with Crippen molar-refractivity contribution >= 4 is 29.4 Å². The summed E-state index contributed by atoms with van der Waals surface area (Å²) < 4.78 is 39.1. The Morgan fingerprint density at radius 3 is 2.27 bits per heavy atom. The normalized spacial score (nSPS) is 16.8. The lowest BCUT2D eigenvalue weighted by molar-refractivity contribution is -0.143. The number of hydrogen-bond acceptors (Lipinski definition) is 7.